The molecule has 0 spiro atoms. The van der Waals surface area contributed by atoms with E-state index in [4.69, 9.17) is 10.5 Å². The molecule has 0 radical (unpaired) electrons. The van der Waals surface area contributed by atoms with Crippen molar-refractivity contribution < 1.29 is 14.3 Å². The van der Waals surface area contributed by atoms with Gasteiger partial charge in [0.2, 0.25) is 11.8 Å². The molecule has 0 atom stereocenters. The maximum atomic E-state index is 11.4. The average Bonchev–Trinajstić information content (AvgIpc) is 2.44. The number of hydrogen-bond acceptors (Lipinski definition) is 5. The monoisotopic (exact) mass is 287 g/mol. The summed E-state index contributed by atoms with van der Waals surface area (Å²) in [4.78, 5) is 24.6. The van der Waals surface area contributed by atoms with Crippen LogP contribution >= 0.6 is 0 Å². The van der Waals surface area contributed by atoms with Crippen LogP contribution in [0.5, 0.6) is 5.75 Å². The predicted molar refractivity (Wildman–Crippen MR) is 77.4 cm³/mol. The van der Waals surface area contributed by atoms with Crippen molar-refractivity contribution in [1.29, 1.82) is 0 Å². The molecule has 2 rings (SSSR count). The van der Waals surface area contributed by atoms with Crippen LogP contribution in [-0.2, 0) is 16.1 Å². The van der Waals surface area contributed by atoms with Crippen LogP contribution in [0, 0.1) is 11.8 Å². The third-order valence-corrected chi connectivity index (χ3v) is 3.04. The second-order valence-electron chi connectivity index (χ2n) is 4.65. The zero-order chi connectivity index (χ0) is 15.2. The second kappa shape index (κ2) is 6.88. The Bertz CT molecular complexity index is 600. The van der Waals surface area contributed by atoms with Crippen LogP contribution in [0.25, 0.3) is 0 Å². The van der Waals surface area contributed by atoms with Crippen molar-refractivity contribution >= 4 is 11.8 Å². The number of nitrogens with zero attached hydrogens (tertiary/aromatic N) is 1. The lowest BCUT2D eigenvalue weighted by Crippen LogP contribution is -2.50. The standard InChI is InChI=1S/C15H17N3O3/c1-21-13-5-4-11(3-2-6-16)12(7-13)8-18-9-14(19)17-15(20)10-18/h4-5,7H,6,8-10,16H2,1H3,(H,17,19,20). The van der Waals surface area contributed by atoms with Crippen molar-refractivity contribution in [2.24, 2.45) is 5.73 Å². The minimum Gasteiger partial charge on any atom is -0.497 e. The largest absolute Gasteiger partial charge is 0.497 e. The Morgan fingerprint density at radius 3 is 2.67 bits per heavy atom. The molecule has 1 fully saturated rings. The Morgan fingerprint density at radius 1 is 1.33 bits per heavy atom. The number of ether oxygens (including phenoxy) is 1. The first kappa shape index (κ1) is 15.0. The molecule has 21 heavy (non-hydrogen) atoms. The molecule has 3 N–H and O–H groups in total. The van der Waals surface area contributed by atoms with E-state index in [1.54, 1.807) is 12.0 Å². The van der Waals surface area contributed by atoms with E-state index in [-0.39, 0.29) is 31.4 Å². The zero-order valence-electron chi connectivity index (χ0n) is 11.8. The van der Waals surface area contributed by atoms with Gasteiger partial charge in [0, 0.05) is 12.1 Å². The van der Waals surface area contributed by atoms with E-state index in [2.05, 4.69) is 17.2 Å². The molecule has 0 bridgehead atoms. The Hall–Kier alpha value is -2.36. The molecular formula is C15H17N3O3. The van der Waals surface area contributed by atoms with E-state index in [1.165, 1.54) is 0 Å². The van der Waals surface area contributed by atoms with Crippen LogP contribution in [-0.4, -0.2) is 43.5 Å². The van der Waals surface area contributed by atoms with Gasteiger partial charge in [-0.3, -0.25) is 19.8 Å². The summed E-state index contributed by atoms with van der Waals surface area (Å²) in [5.41, 5.74) is 7.12. The lowest BCUT2D eigenvalue weighted by molar-refractivity contribution is -0.136. The molecule has 110 valence electrons. The third-order valence-electron chi connectivity index (χ3n) is 3.04. The molecule has 1 aromatic rings. The fourth-order valence-electron chi connectivity index (χ4n) is 2.15. The average molecular weight is 287 g/mol. The smallest absolute Gasteiger partial charge is 0.240 e. The number of carbonyl (C=O) groups excluding carboxylic acids is 2. The van der Waals surface area contributed by atoms with Gasteiger partial charge in [-0.05, 0) is 23.8 Å². The molecule has 1 aliphatic heterocycles. The van der Waals surface area contributed by atoms with Crippen LogP contribution in [0.15, 0.2) is 18.2 Å². The third kappa shape index (κ3) is 4.05. The molecule has 1 heterocycles. The highest BCUT2D eigenvalue weighted by molar-refractivity contribution is 5.99. The molecule has 1 aromatic carbocycles. The lowest BCUT2D eigenvalue weighted by Gasteiger charge is -2.25. The van der Waals surface area contributed by atoms with Gasteiger partial charge in [0.1, 0.15) is 5.75 Å². The highest BCUT2D eigenvalue weighted by Crippen LogP contribution is 2.19. The summed E-state index contributed by atoms with van der Waals surface area (Å²) < 4.78 is 5.21. The van der Waals surface area contributed by atoms with Gasteiger partial charge in [0.05, 0.1) is 26.7 Å². The summed E-state index contributed by atoms with van der Waals surface area (Å²) in [6.07, 6.45) is 0. The normalized spacial score (nSPS) is 15.1. The number of piperazine rings is 1. The highest BCUT2D eigenvalue weighted by Gasteiger charge is 2.23. The minimum absolute atomic E-state index is 0.187. The summed E-state index contributed by atoms with van der Waals surface area (Å²) in [5, 5.41) is 2.28. The van der Waals surface area contributed by atoms with Crippen LogP contribution in [0.2, 0.25) is 0 Å². The molecule has 1 saturated heterocycles. The lowest BCUT2D eigenvalue weighted by atomic mass is 10.1. The summed E-state index contributed by atoms with van der Waals surface area (Å²) in [6.45, 7) is 1.10. The van der Waals surface area contributed by atoms with Gasteiger partial charge in [0.15, 0.2) is 0 Å². The fraction of sp³-hybridized carbons (Fsp3) is 0.333. The van der Waals surface area contributed by atoms with E-state index in [9.17, 15) is 9.59 Å². The van der Waals surface area contributed by atoms with Gasteiger partial charge in [0.25, 0.3) is 0 Å². The van der Waals surface area contributed by atoms with E-state index in [0.29, 0.717) is 12.3 Å². The van der Waals surface area contributed by atoms with Crippen molar-refractivity contribution in [3.8, 4) is 17.6 Å². The van der Waals surface area contributed by atoms with Crippen LogP contribution in [0.1, 0.15) is 11.1 Å². The number of carbonyl (C=O) groups is 2. The van der Waals surface area contributed by atoms with Gasteiger partial charge in [-0.25, -0.2) is 0 Å². The second-order valence-corrected chi connectivity index (χ2v) is 4.65. The molecule has 1 aliphatic rings. The molecule has 0 aliphatic carbocycles. The maximum absolute atomic E-state index is 11.4. The number of rotatable bonds is 3. The van der Waals surface area contributed by atoms with Crippen molar-refractivity contribution in [2.75, 3.05) is 26.7 Å². The zero-order valence-corrected chi connectivity index (χ0v) is 11.8. The molecular weight excluding hydrogens is 270 g/mol. The SMILES string of the molecule is COc1ccc(C#CCN)c(CN2CC(=O)NC(=O)C2)c1. The molecule has 6 nitrogen and oxygen atoms in total. The molecule has 6 heteroatoms. The maximum Gasteiger partial charge on any atom is 0.240 e. The van der Waals surface area contributed by atoms with E-state index in [1.807, 2.05) is 18.2 Å². The summed E-state index contributed by atoms with van der Waals surface area (Å²) in [5.74, 6) is 5.93. The number of methoxy groups -OCH3 is 1. The summed E-state index contributed by atoms with van der Waals surface area (Å²) in [6, 6.07) is 5.53. The number of nitrogens with one attached hydrogen (secondary N) is 1. The van der Waals surface area contributed by atoms with Gasteiger partial charge in [-0.1, -0.05) is 11.8 Å². The molecule has 2 amide bonds. The summed E-state index contributed by atoms with van der Waals surface area (Å²) in [7, 11) is 1.59. The number of imide groups is 1. The number of hydrogen-bond donors (Lipinski definition) is 2. The first-order chi connectivity index (χ1) is 10.1. The first-order valence-corrected chi connectivity index (χ1v) is 6.53. The fourth-order valence-corrected chi connectivity index (χ4v) is 2.15. The molecule has 0 unspecified atom stereocenters. The molecule has 0 saturated carbocycles. The van der Waals surface area contributed by atoms with Gasteiger partial charge >= 0.3 is 0 Å². The van der Waals surface area contributed by atoms with Crippen molar-refractivity contribution in [3.05, 3.63) is 29.3 Å². The van der Waals surface area contributed by atoms with Gasteiger partial charge < -0.3 is 10.5 Å². The topological polar surface area (TPSA) is 84.7 Å². The Balaban J connectivity index is 2.24. The quantitative estimate of drug-likeness (QED) is 0.576. The Morgan fingerprint density at radius 2 is 2.05 bits per heavy atom. The summed E-state index contributed by atoms with van der Waals surface area (Å²) >= 11 is 0. The van der Waals surface area contributed by atoms with Crippen molar-refractivity contribution in [3.63, 3.8) is 0 Å². The van der Waals surface area contributed by atoms with Crippen LogP contribution in [0.4, 0.5) is 0 Å². The highest BCUT2D eigenvalue weighted by atomic mass is 16.5. The number of benzene rings is 1. The van der Waals surface area contributed by atoms with Crippen molar-refractivity contribution in [2.45, 2.75) is 6.54 Å². The van der Waals surface area contributed by atoms with E-state index in [0.717, 1.165) is 11.1 Å². The Labute approximate surface area is 123 Å². The number of amides is 2. The van der Waals surface area contributed by atoms with Crippen molar-refractivity contribution in [1.82, 2.24) is 10.2 Å². The van der Waals surface area contributed by atoms with Gasteiger partial charge in [-0.2, -0.15) is 0 Å². The first-order valence-electron chi connectivity index (χ1n) is 6.53. The van der Waals surface area contributed by atoms with E-state index >= 15 is 0 Å². The minimum atomic E-state index is -0.288. The van der Waals surface area contributed by atoms with Gasteiger partial charge in [-0.15, -0.1) is 0 Å². The Kier molecular flexibility index (Phi) is 4.93. The van der Waals surface area contributed by atoms with E-state index < -0.39 is 0 Å². The molecule has 0 aromatic heterocycles. The number of nitrogens with two attached hydrogens (primary N) is 1. The predicted octanol–water partition coefficient (Wildman–Crippen LogP) is -0.536. The van der Waals surface area contributed by atoms with Crippen LogP contribution in [0.3, 0.4) is 0 Å². The van der Waals surface area contributed by atoms with Crippen LogP contribution < -0.4 is 15.8 Å².